The Morgan fingerprint density at radius 2 is 0.774 bits per heavy atom. The normalized spacial score (nSPS) is 16.1. The smallest absolute Gasteiger partial charge is 0.260 e. The van der Waals surface area contributed by atoms with Gasteiger partial charge in [0.1, 0.15) is 23.1 Å². The van der Waals surface area contributed by atoms with Crippen LogP contribution in [0.5, 0.6) is 23.3 Å². The van der Waals surface area contributed by atoms with E-state index in [1.807, 2.05) is 0 Å². The van der Waals surface area contributed by atoms with Crippen molar-refractivity contribution in [1.82, 2.24) is 19.9 Å². The van der Waals surface area contributed by atoms with Gasteiger partial charge in [0.05, 0.1) is 22.7 Å². The summed E-state index contributed by atoms with van der Waals surface area (Å²) in [7, 11) is 0. The molecular weight excluding hydrogens is 1070 g/mol. The van der Waals surface area contributed by atoms with E-state index in [0.717, 1.165) is 134 Å². The molecule has 0 N–H and O–H groups in total. The van der Waals surface area contributed by atoms with E-state index in [1.165, 1.54) is 11.1 Å². The fourth-order valence-electron chi connectivity index (χ4n) is 14.2. The highest BCUT2D eigenvalue weighted by molar-refractivity contribution is 8.00. The van der Waals surface area contributed by atoms with Crippen LogP contribution in [-0.2, 0) is 10.8 Å². The minimum Gasteiger partial charge on any atom is -0.440 e. The zero-order valence-corrected chi connectivity index (χ0v) is 48.0. The van der Waals surface area contributed by atoms with Gasteiger partial charge in [0.2, 0.25) is 23.7 Å². The Hall–Kier alpha value is -9.23. The SMILES string of the molecule is CC1(C)CCC(C)(C)c2cc3c(cc21)Oc1nc(N2c4ccccc4Sc4ccccc42)nc2c1B3c1cc3c(cc1N2c1ccccc1)N(c1ccccc1)c1nc(N2c4ccccc4Sc4ccccc42)nc2c1B3c1ccccc1O2. The van der Waals surface area contributed by atoms with E-state index in [9.17, 15) is 0 Å². The van der Waals surface area contributed by atoms with Crippen LogP contribution in [0.4, 0.5) is 69.0 Å². The van der Waals surface area contributed by atoms with Crippen molar-refractivity contribution in [3.63, 3.8) is 0 Å². The van der Waals surface area contributed by atoms with Gasteiger partial charge in [0.25, 0.3) is 13.4 Å². The molecular formula is C70H50B2N8O2S2. The van der Waals surface area contributed by atoms with Crippen molar-refractivity contribution in [1.29, 1.82) is 0 Å². The number of anilines is 12. The summed E-state index contributed by atoms with van der Waals surface area (Å²) < 4.78 is 14.6. The molecule has 10 nitrogen and oxygen atoms in total. The molecule has 9 aromatic carbocycles. The molecule has 1 aliphatic carbocycles. The van der Waals surface area contributed by atoms with E-state index < -0.39 is 0 Å². The van der Waals surface area contributed by atoms with Gasteiger partial charge in [0.15, 0.2) is 0 Å². The van der Waals surface area contributed by atoms with Crippen LogP contribution >= 0.6 is 23.5 Å². The molecule has 8 heterocycles. The molecule has 18 rings (SSSR count). The van der Waals surface area contributed by atoms with Crippen LogP contribution in [0, 0.1) is 0 Å². The van der Waals surface area contributed by atoms with Crippen molar-refractivity contribution in [2.75, 3.05) is 19.6 Å². The molecule has 0 unspecified atom stereocenters. The van der Waals surface area contributed by atoms with E-state index in [1.54, 1.807) is 23.5 Å². The second kappa shape index (κ2) is 17.7. The van der Waals surface area contributed by atoms with Gasteiger partial charge in [-0.3, -0.25) is 19.6 Å². The van der Waals surface area contributed by atoms with Crippen LogP contribution in [0.15, 0.2) is 226 Å². The molecule has 0 saturated heterocycles. The molecule has 400 valence electrons. The average Bonchev–Trinajstić information content (AvgIpc) is 1.10. The number of ether oxygens (including phenoxy) is 2. The minimum absolute atomic E-state index is 0.0673. The van der Waals surface area contributed by atoms with E-state index in [0.29, 0.717) is 23.7 Å². The van der Waals surface area contributed by atoms with Crippen molar-refractivity contribution < 1.29 is 9.47 Å². The highest BCUT2D eigenvalue weighted by atomic mass is 32.2. The molecule has 0 radical (unpaired) electrons. The van der Waals surface area contributed by atoms with Crippen molar-refractivity contribution in [2.45, 2.75) is 70.9 Å². The first-order chi connectivity index (χ1) is 41.1. The largest absolute Gasteiger partial charge is 0.440 e. The van der Waals surface area contributed by atoms with Crippen LogP contribution in [0.25, 0.3) is 0 Å². The third-order valence-electron chi connectivity index (χ3n) is 18.3. The molecule has 0 bridgehead atoms. The lowest BCUT2D eigenvalue weighted by molar-refractivity contribution is 0.330. The van der Waals surface area contributed by atoms with Crippen molar-refractivity contribution in [3.05, 3.63) is 217 Å². The number of para-hydroxylation sites is 7. The molecule has 0 atom stereocenters. The van der Waals surface area contributed by atoms with Crippen LogP contribution in [-0.4, -0.2) is 33.4 Å². The van der Waals surface area contributed by atoms with Gasteiger partial charge in [-0.05, 0) is 148 Å². The maximum Gasteiger partial charge on any atom is 0.260 e. The number of aromatic nitrogens is 4. The lowest BCUT2D eigenvalue weighted by atomic mass is 9.31. The van der Waals surface area contributed by atoms with E-state index in [4.69, 9.17) is 29.4 Å². The van der Waals surface area contributed by atoms with Crippen LogP contribution in [0.2, 0.25) is 0 Å². The summed E-state index contributed by atoms with van der Waals surface area (Å²) in [6.45, 7) is 8.95. The maximum absolute atomic E-state index is 7.46. The third-order valence-corrected chi connectivity index (χ3v) is 20.5. The quantitative estimate of drug-likeness (QED) is 0.157. The Morgan fingerprint density at radius 1 is 0.369 bits per heavy atom. The zero-order valence-electron chi connectivity index (χ0n) is 46.4. The fourth-order valence-corrected chi connectivity index (χ4v) is 16.3. The highest BCUT2D eigenvalue weighted by Gasteiger charge is 2.51. The maximum atomic E-state index is 7.46. The summed E-state index contributed by atoms with van der Waals surface area (Å²) >= 11 is 3.54. The summed E-state index contributed by atoms with van der Waals surface area (Å²) in [5, 5.41) is 0. The molecule has 0 amide bonds. The number of hydrogen-bond donors (Lipinski definition) is 0. The first-order valence-corrected chi connectivity index (χ1v) is 30.4. The predicted molar refractivity (Wildman–Crippen MR) is 342 cm³/mol. The first kappa shape index (κ1) is 48.3. The lowest BCUT2D eigenvalue weighted by Gasteiger charge is -2.45. The summed E-state index contributed by atoms with van der Waals surface area (Å²) in [5.41, 5.74) is 16.8. The van der Waals surface area contributed by atoms with Gasteiger partial charge in [-0.1, -0.05) is 166 Å². The second-order valence-corrected chi connectivity index (χ2v) is 26.2. The molecule has 84 heavy (non-hydrogen) atoms. The van der Waals surface area contributed by atoms with Gasteiger partial charge < -0.3 is 9.47 Å². The predicted octanol–water partition coefficient (Wildman–Crippen LogP) is 14.3. The van der Waals surface area contributed by atoms with Crippen molar-refractivity contribution in [3.8, 4) is 23.3 Å². The Balaban J connectivity index is 0.942. The first-order valence-electron chi connectivity index (χ1n) is 28.8. The summed E-state index contributed by atoms with van der Waals surface area (Å²) in [5.74, 6) is 5.25. The number of rotatable bonds is 4. The second-order valence-electron chi connectivity index (χ2n) is 24.0. The van der Waals surface area contributed by atoms with Gasteiger partial charge >= 0.3 is 0 Å². The molecule has 6 aliphatic heterocycles. The van der Waals surface area contributed by atoms with Crippen molar-refractivity contribution in [2.24, 2.45) is 0 Å². The van der Waals surface area contributed by atoms with E-state index in [-0.39, 0.29) is 24.3 Å². The number of fused-ring (bicyclic) bond motifs is 13. The lowest BCUT2D eigenvalue weighted by Crippen LogP contribution is -2.64. The zero-order chi connectivity index (χ0) is 55.7. The van der Waals surface area contributed by atoms with Crippen LogP contribution in [0.3, 0.4) is 0 Å². The summed E-state index contributed by atoms with van der Waals surface area (Å²) in [4.78, 5) is 36.5. The topological polar surface area (TPSA) is 83.0 Å². The number of nitrogens with zero attached hydrogens (tertiary/aromatic N) is 8. The third kappa shape index (κ3) is 6.92. The number of benzene rings is 9. The molecule has 0 spiro atoms. The van der Waals surface area contributed by atoms with Gasteiger partial charge in [-0.15, -0.1) is 0 Å². The Labute approximate surface area is 496 Å². The van der Waals surface area contributed by atoms with E-state index in [2.05, 4.69) is 254 Å². The molecule has 2 aromatic heterocycles. The molecule has 11 aromatic rings. The molecule has 7 aliphatic rings. The standard InChI is InChI=1S/C70H50B2N8O2S2/c1-69(2)35-36-70(3,4)44-38-56-48(37-43(44)69)72-47-39-46-53(40-54(47)78(42-23-9-6-10-24-42)64-62(72)66(82-56)76-68(74-64)80-51-28-14-19-33-59(51)84-60-34-20-15-29-52(60)80)77(41-21-7-5-8-22-41)63-61-65(81-55-30-16-11-25-45(55)71(46)61)75-67(73-63)79-49-26-12-17-31-57(49)83-58-32-18-13-27-50(58)79/h5-34,37-40H,35-36H2,1-4H3. The molecule has 0 saturated carbocycles. The van der Waals surface area contributed by atoms with Gasteiger partial charge in [-0.2, -0.15) is 19.9 Å². The van der Waals surface area contributed by atoms with Gasteiger partial charge in [0, 0.05) is 53.3 Å². The van der Waals surface area contributed by atoms with Gasteiger partial charge in [-0.25, -0.2) is 0 Å². The fraction of sp³-hybridized carbons (Fsp3) is 0.114. The Morgan fingerprint density at radius 3 is 1.26 bits per heavy atom. The monoisotopic (exact) mass is 1120 g/mol. The average molecular weight is 1120 g/mol. The number of hydrogen-bond acceptors (Lipinski definition) is 12. The highest BCUT2D eigenvalue weighted by Crippen LogP contribution is 2.55. The Kier molecular flexibility index (Phi) is 10.2. The van der Waals surface area contributed by atoms with Crippen LogP contribution in [0.1, 0.15) is 51.7 Å². The summed E-state index contributed by atoms with van der Waals surface area (Å²) in [6, 6.07) is 73.7. The molecule has 14 heteroatoms. The van der Waals surface area contributed by atoms with Crippen LogP contribution < -0.4 is 61.9 Å². The molecule has 0 fully saturated rings. The minimum atomic E-state index is -0.326. The van der Waals surface area contributed by atoms with Crippen molar-refractivity contribution >= 4 is 139 Å². The Bertz CT molecular complexity index is 4570. The summed E-state index contributed by atoms with van der Waals surface area (Å²) in [6.07, 6.45) is 2.15. The van der Waals surface area contributed by atoms with E-state index >= 15 is 0 Å².